The first-order chi connectivity index (χ1) is 18.0. The zero-order valence-electron chi connectivity index (χ0n) is 21.0. The van der Waals surface area contributed by atoms with Gasteiger partial charge in [-0.3, -0.25) is 4.79 Å². The number of ether oxygens (including phenoxy) is 1. The molecule has 5 heteroatoms. The molecule has 2 heterocycles. The fourth-order valence-corrected chi connectivity index (χ4v) is 6.75. The molecule has 2 bridgehead atoms. The van der Waals surface area contributed by atoms with Crippen LogP contribution in [0.5, 0.6) is 0 Å². The fraction of sp³-hybridized carbons (Fsp3) is 0.344. The van der Waals surface area contributed by atoms with E-state index < -0.39 is 0 Å². The van der Waals surface area contributed by atoms with Crippen molar-refractivity contribution in [3.05, 3.63) is 94.5 Å². The van der Waals surface area contributed by atoms with Crippen LogP contribution in [0.15, 0.2) is 66.7 Å². The van der Waals surface area contributed by atoms with E-state index >= 15 is 0 Å². The Balaban J connectivity index is 1.17. The highest BCUT2D eigenvalue weighted by atomic mass is 16.6. The number of nitrogens with zero attached hydrogens (tertiary/aromatic N) is 2. The van der Waals surface area contributed by atoms with Gasteiger partial charge in [-0.05, 0) is 79.0 Å². The van der Waals surface area contributed by atoms with Crippen LogP contribution in [0.1, 0.15) is 70.6 Å². The molecule has 1 amide bonds. The van der Waals surface area contributed by atoms with Crippen molar-refractivity contribution in [3.8, 4) is 17.2 Å². The number of hydrogen-bond acceptors (Lipinski definition) is 4. The molecule has 0 spiro atoms. The summed E-state index contributed by atoms with van der Waals surface area (Å²) in [4.78, 5) is 28.8. The smallest absolute Gasteiger partial charge is 0.410 e. The third-order valence-electron chi connectivity index (χ3n) is 8.45. The summed E-state index contributed by atoms with van der Waals surface area (Å²) in [6.07, 6.45) is 3.79. The molecule has 2 aliphatic heterocycles. The maximum atomic E-state index is 13.5. The minimum absolute atomic E-state index is 0.00640. The largest absolute Gasteiger partial charge is 0.448 e. The Morgan fingerprint density at radius 2 is 1.57 bits per heavy atom. The minimum atomic E-state index is -0.268. The number of hydrogen-bond donors (Lipinski definition) is 0. The van der Waals surface area contributed by atoms with Gasteiger partial charge < -0.3 is 9.64 Å². The zero-order valence-corrected chi connectivity index (χ0v) is 21.0. The SMILES string of the molecule is Cc1ccc(C(=O)C2CC3CCCC(C2)N3C(=O)OCC2c3ccccc3-c3ccccc32)c(C#N)c1. The zero-order chi connectivity index (χ0) is 25.5. The summed E-state index contributed by atoms with van der Waals surface area (Å²) >= 11 is 0. The van der Waals surface area contributed by atoms with Crippen molar-refractivity contribution in [1.82, 2.24) is 4.90 Å². The van der Waals surface area contributed by atoms with Crippen LogP contribution in [-0.4, -0.2) is 35.5 Å². The molecule has 0 radical (unpaired) electrons. The number of carbonyl (C=O) groups excluding carboxylic acids is 2. The van der Waals surface area contributed by atoms with Crippen molar-refractivity contribution in [3.63, 3.8) is 0 Å². The van der Waals surface area contributed by atoms with Gasteiger partial charge in [-0.15, -0.1) is 0 Å². The molecule has 2 atom stereocenters. The number of aryl methyl sites for hydroxylation is 1. The molecule has 0 aromatic heterocycles. The number of Topliss-reactive ketones (excluding diaryl/α,β-unsaturated/α-hetero) is 1. The lowest BCUT2D eigenvalue weighted by molar-refractivity contribution is 0.00650. The second-order valence-corrected chi connectivity index (χ2v) is 10.6. The van der Waals surface area contributed by atoms with Gasteiger partial charge in [0.05, 0.1) is 11.6 Å². The minimum Gasteiger partial charge on any atom is -0.448 e. The number of fused-ring (bicyclic) bond motifs is 5. The van der Waals surface area contributed by atoms with E-state index in [0.717, 1.165) is 24.8 Å². The third kappa shape index (κ3) is 4.11. The summed E-state index contributed by atoms with van der Waals surface area (Å²) in [7, 11) is 0. The molecule has 1 aliphatic carbocycles. The molecule has 5 nitrogen and oxygen atoms in total. The predicted octanol–water partition coefficient (Wildman–Crippen LogP) is 6.63. The lowest BCUT2D eigenvalue weighted by Gasteiger charge is -2.47. The summed E-state index contributed by atoms with van der Waals surface area (Å²) in [6.45, 7) is 2.23. The molecule has 2 unspecified atom stereocenters. The fourth-order valence-electron chi connectivity index (χ4n) is 6.75. The molecular formula is C32H30N2O3. The Labute approximate surface area is 217 Å². The molecule has 0 N–H and O–H groups in total. The molecule has 3 aromatic rings. The van der Waals surface area contributed by atoms with E-state index in [-0.39, 0.29) is 35.8 Å². The van der Waals surface area contributed by atoms with E-state index in [1.165, 1.54) is 22.3 Å². The Morgan fingerprint density at radius 1 is 0.946 bits per heavy atom. The maximum absolute atomic E-state index is 13.5. The maximum Gasteiger partial charge on any atom is 0.410 e. The summed E-state index contributed by atoms with van der Waals surface area (Å²) in [5, 5.41) is 9.57. The molecule has 186 valence electrons. The van der Waals surface area contributed by atoms with E-state index in [1.807, 2.05) is 42.2 Å². The summed E-state index contributed by atoms with van der Waals surface area (Å²) in [5.74, 6) is -0.121. The van der Waals surface area contributed by atoms with E-state index in [4.69, 9.17) is 4.74 Å². The first-order valence-corrected chi connectivity index (χ1v) is 13.2. The normalized spacial score (nSPS) is 22.1. The topological polar surface area (TPSA) is 70.4 Å². The van der Waals surface area contributed by atoms with Crippen LogP contribution in [0.4, 0.5) is 4.79 Å². The third-order valence-corrected chi connectivity index (χ3v) is 8.45. The molecule has 2 fully saturated rings. The van der Waals surface area contributed by atoms with Crippen molar-refractivity contribution in [2.45, 2.75) is 57.0 Å². The van der Waals surface area contributed by atoms with Gasteiger partial charge in [0.15, 0.2) is 5.78 Å². The first kappa shape index (κ1) is 23.5. The van der Waals surface area contributed by atoms with E-state index in [1.54, 1.807) is 12.1 Å². The second kappa shape index (κ2) is 9.52. The molecule has 0 saturated carbocycles. The van der Waals surface area contributed by atoms with Crippen molar-refractivity contribution in [2.24, 2.45) is 5.92 Å². The van der Waals surface area contributed by atoms with Crippen LogP contribution in [0.25, 0.3) is 11.1 Å². The Morgan fingerprint density at radius 3 is 2.19 bits per heavy atom. The molecule has 37 heavy (non-hydrogen) atoms. The average Bonchev–Trinajstić information content (AvgIpc) is 3.24. The number of carbonyl (C=O) groups is 2. The van der Waals surface area contributed by atoms with Crippen LogP contribution in [0, 0.1) is 24.2 Å². The summed E-state index contributed by atoms with van der Waals surface area (Å²) in [5.41, 5.74) is 6.74. The van der Waals surface area contributed by atoms with Gasteiger partial charge >= 0.3 is 6.09 Å². The first-order valence-electron chi connectivity index (χ1n) is 13.2. The average molecular weight is 491 g/mol. The number of benzene rings is 3. The standard InChI is InChI=1S/C32H30N2O3/c1-20-13-14-25(22(15-20)18-33)31(35)21-16-23-7-6-8-24(17-21)34(23)32(36)37-19-30-28-11-4-2-9-26(28)27-10-3-5-12-29(27)30/h2-5,9-15,21,23-24,30H,6-8,16-17,19H2,1H3. The van der Waals surface area contributed by atoms with Crippen molar-refractivity contribution >= 4 is 11.9 Å². The van der Waals surface area contributed by atoms with Crippen LogP contribution in [0.3, 0.4) is 0 Å². The highest BCUT2D eigenvalue weighted by Crippen LogP contribution is 2.45. The van der Waals surface area contributed by atoms with Gasteiger partial charge in [0.25, 0.3) is 0 Å². The van der Waals surface area contributed by atoms with E-state index in [9.17, 15) is 14.9 Å². The number of rotatable bonds is 4. The highest BCUT2D eigenvalue weighted by molar-refractivity contribution is 6.00. The van der Waals surface area contributed by atoms with Gasteiger partial charge in [-0.1, -0.05) is 54.6 Å². The quantitative estimate of drug-likeness (QED) is 0.385. The van der Waals surface area contributed by atoms with Gasteiger partial charge in [-0.2, -0.15) is 5.26 Å². The molecule has 6 rings (SSSR count). The van der Waals surface area contributed by atoms with Crippen LogP contribution in [-0.2, 0) is 4.74 Å². The van der Waals surface area contributed by atoms with E-state index in [2.05, 4.69) is 30.3 Å². The number of ketones is 1. The molecule has 3 aromatic carbocycles. The molecule has 2 saturated heterocycles. The second-order valence-electron chi connectivity index (χ2n) is 10.6. The number of piperidine rings is 2. The lowest BCUT2D eigenvalue weighted by atomic mass is 9.75. The van der Waals surface area contributed by atoms with Gasteiger partial charge in [0, 0.05) is 29.5 Å². The monoisotopic (exact) mass is 490 g/mol. The van der Waals surface area contributed by atoms with Gasteiger partial charge in [0.2, 0.25) is 0 Å². The predicted molar refractivity (Wildman–Crippen MR) is 141 cm³/mol. The molecule has 3 aliphatic rings. The van der Waals surface area contributed by atoms with Crippen LogP contribution >= 0.6 is 0 Å². The van der Waals surface area contributed by atoms with Crippen LogP contribution < -0.4 is 0 Å². The summed E-state index contributed by atoms with van der Waals surface area (Å²) in [6, 6.07) is 24.3. The highest BCUT2D eigenvalue weighted by Gasteiger charge is 2.44. The van der Waals surface area contributed by atoms with Crippen LogP contribution in [0.2, 0.25) is 0 Å². The molecular weight excluding hydrogens is 460 g/mol. The van der Waals surface area contributed by atoms with E-state index in [0.29, 0.717) is 30.6 Å². The summed E-state index contributed by atoms with van der Waals surface area (Å²) < 4.78 is 6.00. The van der Waals surface area contributed by atoms with Crippen molar-refractivity contribution in [2.75, 3.05) is 6.61 Å². The number of amides is 1. The van der Waals surface area contributed by atoms with Crippen molar-refractivity contribution in [1.29, 1.82) is 5.26 Å². The number of nitriles is 1. The van der Waals surface area contributed by atoms with Gasteiger partial charge in [0.1, 0.15) is 6.61 Å². The lowest BCUT2D eigenvalue weighted by Crippen LogP contribution is -2.56. The van der Waals surface area contributed by atoms with Gasteiger partial charge in [-0.25, -0.2) is 4.79 Å². The van der Waals surface area contributed by atoms with Crippen molar-refractivity contribution < 1.29 is 14.3 Å². The Kier molecular flexibility index (Phi) is 6.04. The Bertz CT molecular complexity index is 1360. The Hall–Kier alpha value is -3.91.